The third kappa shape index (κ3) is 3.74. The average molecular weight is 435 g/mol. The molecule has 5 heteroatoms. The van der Waals surface area contributed by atoms with E-state index in [0.717, 1.165) is 29.9 Å². The monoisotopic (exact) mass is 434 g/mol. The molecule has 170 valence electrons. The normalized spacial score (nSPS) is 21.2. The molecule has 0 bridgehead atoms. The number of fused-ring (bicyclic) bond motifs is 3. The number of hydrogen-bond donors (Lipinski definition) is 1. The van der Waals surface area contributed by atoms with Crippen LogP contribution in [0.15, 0.2) is 48.5 Å². The van der Waals surface area contributed by atoms with Crippen molar-refractivity contribution in [3.05, 3.63) is 59.7 Å². The molecule has 1 amide bonds. The lowest BCUT2D eigenvalue weighted by molar-refractivity contribution is -0.124. The van der Waals surface area contributed by atoms with Gasteiger partial charge in [0, 0.05) is 24.1 Å². The van der Waals surface area contributed by atoms with E-state index in [9.17, 15) is 4.79 Å². The fraction of sp³-hybridized carbons (Fsp3) is 0.444. The highest BCUT2D eigenvalue weighted by molar-refractivity contribution is 5.84. The number of anilines is 1. The van der Waals surface area contributed by atoms with Crippen molar-refractivity contribution in [1.82, 2.24) is 5.32 Å². The molecule has 1 atom stereocenters. The van der Waals surface area contributed by atoms with Crippen molar-refractivity contribution in [3.63, 3.8) is 0 Å². The van der Waals surface area contributed by atoms with Crippen molar-refractivity contribution < 1.29 is 14.3 Å². The van der Waals surface area contributed by atoms with Crippen LogP contribution < -0.4 is 19.7 Å². The summed E-state index contributed by atoms with van der Waals surface area (Å²) in [7, 11) is 0. The van der Waals surface area contributed by atoms with Gasteiger partial charge in [0.2, 0.25) is 5.91 Å². The lowest BCUT2D eigenvalue weighted by atomic mass is 9.74. The largest absolute Gasteiger partial charge is 0.490 e. The molecule has 0 unspecified atom stereocenters. The summed E-state index contributed by atoms with van der Waals surface area (Å²) in [6.07, 6.45) is 6.84. The van der Waals surface area contributed by atoms with E-state index in [1.807, 2.05) is 25.1 Å². The van der Waals surface area contributed by atoms with Crippen molar-refractivity contribution in [3.8, 4) is 11.5 Å². The zero-order valence-corrected chi connectivity index (χ0v) is 19.6. The summed E-state index contributed by atoms with van der Waals surface area (Å²) in [6, 6.07) is 14.5. The fourth-order valence-corrected chi connectivity index (χ4v) is 4.88. The Morgan fingerprint density at radius 1 is 1.09 bits per heavy atom. The Kier molecular flexibility index (Phi) is 6.18. The number of rotatable bonds is 8. The number of nitrogens with zero attached hydrogens (tertiary/aromatic N) is 1. The predicted molar refractivity (Wildman–Crippen MR) is 129 cm³/mol. The van der Waals surface area contributed by atoms with Crippen LogP contribution in [0.4, 0.5) is 5.69 Å². The number of amides is 1. The Balaban J connectivity index is 1.69. The minimum absolute atomic E-state index is 0.0847. The maximum Gasteiger partial charge on any atom is 0.223 e. The molecule has 32 heavy (non-hydrogen) atoms. The van der Waals surface area contributed by atoms with Gasteiger partial charge in [0.25, 0.3) is 0 Å². The van der Waals surface area contributed by atoms with Gasteiger partial charge in [-0.05, 0) is 48.7 Å². The number of ether oxygens (including phenoxy) is 2. The molecule has 2 heterocycles. The first-order valence-electron chi connectivity index (χ1n) is 11.7. The van der Waals surface area contributed by atoms with E-state index in [1.54, 1.807) is 0 Å². The van der Waals surface area contributed by atoms with E-state index in [1.165, 1.54) is 11.3 Å². The predicted octanol–water partition coefficient (Wildman–Crippen LogP) is 5.29. The Morgan fingerprint density at radius 3 is 2.69 bits per heavy atom. The molecule has 2 aromatic carbocycles. The van der Waals surface area contributed by atoms with Crippen LogP contribution in [0, 0.1) is 0 Å². The van der Waals surface area contributed by atoms with Crippen LogP contribution in [0.3, 0.4) is 0 Å². The van der Waals surface area contributed by atoms with Gasteiger partial charge in [0.1, 0.15) is 5.66 Å². The molecule has 0 aliphatic carbocycles. The third-order valence-corrected chi connectivity index (χ3v) is 6.68. The zero-order valence-electron chi connectivity index (χ0n) is 19.6. The molecule has 1 fully saturated rings. The van der Waals surface area contributed by atoms with Crippen LogP contribution >= 0.6 is 0 Å². The number of carbonyl (C=O) groups is 1. The van der Waals surface area contributed by atoms with Crippen LogP contribution in [0.25, 0.3) is 6.08 Å². The van der Waals surface area contributed by atoms with Crippen LogP contribution in [0.2, 0.25) is 0 Å². The summed E-state index contributed by atoms with van der Waals surface area (Å²) in [4.78, 5) is 14.9. The topological polar surface area (TPSA) is 50.8 Å². The van der Waals surface area contributed by atoms with E-state index >= 15 is 0 Å². The van der Waals surface area contributed by atoms with Gasteiger partial charge in [-0.15, -0.1) is 0 Å². The van der Waals surface area contributed by atoms with Gasteiger partial charge in [-0.25, -0.2) is 0 Å². The standard InChI is InChI=1S/C27H34N2O3/c1-5-7-18-32-23-13-12-20(19-24(23)31-6-2)14-16-27-26(3,4)21-10-8-9-11-22(21)29(27)17-15-25(30)28-27/h8-14,16,19H,5-7,15,17-18H2,1-4H3,(H,28,30)/b16-14+/t27-/m0/s1. The van der Waals surface area contributed by atoms with Gasteiger partial charge < -0.3 is 19.7 Å². The second-order valence-electron chi connectivity index (χ2n) is 9.03. The van der Waals surface area contributed by atoms with Crippen molar-refractivity contribution in [2.24, 2.45) is 0 Å². The molecule has 0 saturated carbocycles. The maximum absolute atomic E-state index is 12.6. The summed E-state index contributed by atoms with van der Waals surface area (Å²) >= 11 is 0. The van der Waals surface area contributed by atoms with Gasteiger partial charge >= 0.3 is 0 Å². The molecule has 0 spiro atoms. The summed E-state index contributed by atoms with van der Waals surface area (Å²) in [5, 5.41) is 3.33. The summed E-state index contributed by atoms with van der Waals surface area (Å²) in [5.74, 6) is 1.61. The first-order chi connectivity index (χ1) is 15.4. The number of unbranched alkanes of at least 4 members (excludes halogenated alkanes) is 1. The van der Waals surface area contributed by atoms with Gasteiger partial charge in [-0.2, -0.15) is 0 Å². The molecule has 4 rings (SSSR count). The van der Waals surface area contributed by atoms with E-state index in [2.05, 4.69) is 67.4 Å². The van der Waals surface area contributed by atoms with E-state index < -0.39 is 5.66 Å². The highest BCUT2D eigenvalue weighted by atomic mass is 16.5. The van der Waals surface area contributed by atoms with Gasteiger partial charge in [-0.1, -0.05) is 57.5 Å². The molecule has 2 aromatic rings. The van der Waals surface area contributed by atoms with Gasteiger partial charge in [0.15, 0.2) is 11.5 Å². The molecule has 0 radical (unpaired) electrons. The molecule has 5 nitrogen and oxygen atoms in total. The lowest BCUT2D eigenvalue weighted by Crippen LogP contribution is -2.68. The Morgan fingerprint density at radius 2 is 1.91 bits per heavy atom. The lowest BCUT2D eigenvalue weighted by Gasteiger charge is -2.49. The minimum atomic E-state index is -0.617. The van der Waals surface area contributed by atoms with Crippen LogP contribution in [0.5, 0.6) is 11.5 Å². The molecular weight excluding hydrogens is 400 g/mol. The zero-order chi connectivity index (χ0) is 22.8. The second-order valence-corrected chi connectivity index (χ2v) is 9.03. The number of para-hydroxylation sites is 1. The highest BCUT2D eigenvalue weighted by Crippen LogP contribution is 2.52. The highest BCUT2D eigenvalue weighted by Gasteiger charge is 2.57. The quantitative estimate of drug-likeness (QED) is 0.574. The Hall–Kier alpha value is -2.95. The van der Waals surface area contributed by atoms with E-state index in [0.29, 0.717) is 26.2 Å². The summed E-state index contributed by atoms with van der Waals surface area (Å²) < 4.78 is 11.8. The minimum Gasteiger partial charge on any atom is -0.490 e. The summed E-state index contributed by atoms with van der Waals surface area (Å²) in [5.41, 5.74) is 2.55. The van der Waals surface area contributed by atoms with Gasteiger partial charge in [0.05, 0.1) is 13.2 Å². The molecule has 0 aromatic heterocycles. The van der Waals surface area contributed by atoms with Crippen LogP contribution in [-0.4, -0.2) is 31.3 Å². The third-order valence-electron chi connectivity index (χ3n) is 6.68. The van der Waals surface area contributed by atoms with Crippen LogP contribution in [0.1, 0.15) is 58.1 Å². The Bertz CT molecular complexity index is 1010. The van der Waals surface area contributed by atoms with Crippen LogP contribution in [-0.2, 0) is 10.2 Å². The first-order valence-corrected chi connectivity index (χ1v) is 11.7. The number of hydrogen-bond acceptors (Lipinski definition) is 4. The molecule has 2 aliphatic heterocycles. The second kappa shape index (κ2) is 8.89. The van der Waals surface area contributed by atoms with E-state index in [-0.39, 0.29) is 11.3 Å². The molecular formula is C27H34N2O3. The Labute approximate surface area is 191 Å². The first kappa shape index (κ1) is 22.3. The maximum atomic E-state index is 12.6. The fourth-order valence-electron chi connectivity index (χ4n) is 4.88. The van der Waals surface area contributed by atoms with Crippen molar-refractivity contribution in [2.75, 3.05) is 24.7 Å². The SMILES string of the molecule is CCCCOc1ccc(/C=C/[C@]23NC(=O)CCN2c2ccccc2C3(C)C)cc1OCC. The molecule has 1 saturated heterocycles. The number of benzene rings is 2. The van der Waals surface area contributed by atoms with Crippen molar-refractivity contribution in [2.45, 2.75) is 58.0 Å². The smallest absolute Gasteiger partial charge is 0.223 e. The number of nitrogens with one attached hydrogen (secondary N) is 1. The summed E-state index contributed by atoms with van der Waals surface area (Å²) in [6.45, 7) is 10.5. The molecule has 2 aliphatic rings. The molecule has 1 N–H and O–H groups in total. The average Bonchev–Trinajstić information content (AvgIpc) is 2.98. The van der Waals surface area contributed by atoms with E-state index in [4.69, 9.17) is 9.47 Å². The van der Waals surface area contributed by atoms with Crippen molar-refractivity contribution >= 4 is 17.7 Å². The van der Waals surface area contributed by atoms with Crippen molar-refractivity contribution in [1.29, 1.82) is 0 Å². The van der Waals surface area contributed by atoms with Gasteiger partial charge in [-0.3, -0.25) is 4.79 Å². The number of carbonyl (C=O) groups excluding carboxylic acids is 1.